The number of aromatic nitrogens is 1. The molecule has 0 aromatic carbocycles. The third kappa shape index (κ3) is 2.20. The topological polar surface area (TPSA) is 82.9 Å². The van der Waals surface area contributed by atoms with Gasteiger partial charge in [-0.2, -0.15) is 5.26 Å². The fourth-order valence-corrected chi connectivity index (χ4v) is 0.954. The zero-order valence-corrected chi connectivity index (χ0v) is 7.53. The largest absolute Gasteiger partial charge is 0.469 e. The number of hydrogen-bond donors (Lipinski definition) is 1. The molecule has 0 saturated carbocycles. The molecule has 1 rings (SSSR count). The standard InChI is InChI=1S/C9H8N2O3/c1-14-8(12)3-7-2-6(4-10)5-11-9(7)13/h2,5H,3H2,1H3,(H,11,13). The summed E-state index contributed by atoms with van der Waals surface area (Å²) in [5.74, 6) is -0.509. The number of rotatable bonds is 2. The van der Waals surface area contributed by atoms with Gasteiger partial charge < -0.3 is 9.72 Å². The molecular weight excluding hydrogens is 184 g/mol. The number of nitrogens with one attached hydrogen (secondary N) is 1. The highest BCUT2D eigenvalue weighted by Gasteiger charge is 2.07. The Bertz CT molecular complexity index is 442. The van der Waals surface area contributed by atoms with Gasteiger partial charge in [-0.15, -0.1) is 0 Å². The van der Waals surface area contributed by atoms with Gasteiger partial charge in [0.25, 0.3) is 5.56 Å². The maximum atomic E-state index is 11.2. The first-order valence-corrected chi connectivity index (χ1v) is 3.86. The van der Waals surface area contributed by atoms with Gasteiger partial charge in [0.1, 0.15) is 6.07 Å². The molecule has 1 N–H and O–H groups in total. The van der Waals surface area contributed by atoms with Crippen molar-refractivity contribution in [1.82, 2.24) is 4.98 Å². The van der Waals surface area contributed by atoms with Crippen LogP contribution in [0.25, 0.3) is 0 Å². The normalized spacial score (nSPS) is 9.14. The van der Waals surface area contributed by atoms with Crippen LogP contribution in [0.2, 0.25) is 0 Å². The first-order chi connectivity index (χ1) is 6.67. The van der Waals surface area contributed by atoms with Crippen LogP contribution < -0.4 is 5.56 Å². The SMILES string of the molecule is COC(=O)Cc1cc(C#N)c[nH]c1=O. The Morgan fingerprint density at radius 1 is 1.71 bits per heavy atom. The van der Waals surface area contributed by atoms with Crippen molar-refractivity contribution in [3.8, 4) is 6.07 Å². The highest BCUT2D eigenvalue weighted by atomic mass is 16.5. The summed E-state index contributed by atoms with van der Waals surface area (Å²) in [6.45, 7) is 0. The van der Waals surface area contributed by atoms with Crippen molar-refractivity contribution in [2.75, 3.05) is 7.11 Å². The average molecular weight is 192 g/mol. The van der Waals surface area contributed by atoms with Crippen molar-refractivity contribution in [1.29, 1.82) is 5.26 Å². The highest BCUT2D eigenvalue weighted by Crippen LogP contribution is 1.98. The molecule has 0 aliphatic rings. The smallest absolute Gasteiger partial charge is 0.310 e. The van der Waals surface area contributed by atoms with Crippen LogP contribution in [0.3, 0.4) is 0 Å². The first-order valence-electron chi connectivity index (χ1n) is 3.86. The molecule has 0 amide bonds. The second-order valence-electron chi connectivity index (χ2n) is 2.61. The molecule has 0 saturated heterocycles. The number of hydrogen-bond acceptors (Lipinski definition) is 4. The molecule has 0 fully saturated rings. The Hall–Kier alpha value is -2.09. The van der Waals surface area contributed by atoms with E-state index in [9.17, 15) is 9.59 Å². The van der Waals surface area contributed by atoms with Crippen LogP contribution in [-0.4, -0.2) is 18.1 Å². The van der Waals surface area contributed by atoms with E-state index < -0.39 is 5.97 Å². The van der Waals surface area contributed by atoms with Crippen molar-refractivity contribution in [2.45, 2.75) is 6.42 Å². The molecule has 1 aromatic rings. The van der Waals surface area contributed by atoms with Gasteiger partial charge in [-0.1, -0.05) is 0 Å². The van der Waals surface area contributed by atoms with Crippen LogP contribution in [0.15, 0.2) is 17.1 Å². The van der Waals surface area contributed by atoms with Crippen LogP contribution in [0.4, 0.5) is 0 Å². The summed E-state index contributed by atoms with van der Waals surface area (Å²) in [6.07, 6.45) is 1.17. The molecule has 14 heavy (non-hydrogen) atoms. The average Bonchev–Trinajstić information content (AvgIpc) is 2.21. The summed E-state index contributed by atoms with van der Waals surface area (Å²) < 4.78 is 4.41. The number of nitrogens with zero attached hydrogens (tertiary/aromatic N) is 1. The Morgan fingerprint density at radius 3 is 3.00 bits per heavy atom. The lowest BCUT2D eigenvalue weighted by Crippen LogP contribution is -2.17. The van der Waals surface area contributed by atoms with Crippen LogP contribution in [0.1, 0.15) is 11.1 Å². The molecule has 1 aromatic heterocycles. The van der Waals surface area contributed by atoms with Gasteiger partial charge in [0, 0.05) is 11.8 Å². The van der Waals surface area contributed by atoms with E-state index in [0.717, 1.165) is 0 Å². The zero-order chi connectivity index (χ0) is 10.6. The monoisotopic (exact) mass is 192 g/mol. The molecule has 0 aliphatic heterocycles. The number of nitriles is 1. The van der Waals surface area contributed by atoms with E-state index in [2.05, 4.69) is 9.72 Å². The molecule has 5 heteroatoms. The van der Waals surface area contributed by atoms with Crippen LogP contribution in [-0.2, 0) is 16.0 Å². The number of aromatic amines is 1. The van der Waals surface area contributed by atoms with Gasteiger partial charge in [-0.25, -0.2) is 0 Å². The third-order valence-electron chi connectivity index (χ3n) is 1.67. The van der Waals surface area contributed by atoms with E-state index in [0.29, 0.717) is 5.56 Å². The molecule has 1 heterocycles. The van der Waals surface area contributed by atoms with E-state index in [4.69, 9.17) is 5.26 Å². The summed E-state index contributed by atoms with van der Waals surface area (Å²) in [7, 11) is 1.24. The van der Waals surface area contributed by atoms with E-state index >= 15 is 0 Å². The number of pyridine rings is 1. The number of carbonyl (C=O) groups is 1. The second-order valence-corrected chi connectivity index (χ2v) is 2.61. The van der Waals surface area contributed by atoms with Crippen molar-refractivity contribution < 1.29 is 9.53 Å². The molecule has 0 atom stereocenters. The lowest BCUT2D eigenvalue weighted by molar-refractivity contribution is -0.139. The fraction of sp³-hybridized carbons (Fsp3) is 0.222. The Balaban J connectivity index is 3.02. The number of H-pyrrole nitrogens is 1. The predicted molar refractivity (Wildman–Crippen MR) is 47.5 cm³/mol. The summed E-state index contributed by atoms with van der Waals surface area (Å²) in [5.41, 5.74) is 0.161. The van der Waals surface area contributed by atoms with Crippen molar-refractivity contribution in [3.63, 3.8) is 0 Å². The summed E-state index contributed by atoms with van der Waals surface area (Å²) in [4.78, 5) is 24.4. The second kappa shape index (κ2) is 4.23. The van der Waals surface area contributed by atoms with Gasteiger partial charge in [-0.3, -0.25) is 9.59 Å². The van der Waals surface area contributed by atoms with E-state index in [1.54, 1.807) is 0 Å². The van der Waals surface area contributed by atoms with E-state index in [1.165, 1.54) is 19.4 Å². The Morgan fingerprint density at radius 2 is 2.43 bits per heavy atom. The third-order valence-corrected chi connectivity index (χ3v) is 1.67. The predicted octanol–water partition coefficient (Wildman–Crippen LogP) is -0.0379. The number of carbonyl (C=O) groups excluding carboxylic acids is 1. The van der Waals surface area contributed by atoms with Crippen LogP contribution in [0.5, 0.6) is 0 Å². The highest BCUT2D eigenvalue weighted by molar-refractivity contribution is 5.72. The van der Waals surface area contributed by atoms with Crippen LogP contribution in [0, 0.1) is 11.3 Å². The molecule has 0 bridgehead atoms. The van der Waals surface area contributed by atoms with E-state index in [-0.39, 0.29) is 17.5 Å². The van der Waals surface area contributed by atoms with Gasteiger partial charge in [-0.05, 0) is 6.07 Å². The van der Waals surface area contributed by atoms with Gasteiger partial charge in [0.15, 0.2) is 0 Å². The van der Waals surface area contributed by atoms with Crippen molar-refractivity contribution in [3.05, 3.63) is 33.7 Å². The Kier molecular flexibility index (Phi) is 3.02. The molecule has 5 nitrogen and oxygen atoms in total. The minimum absolute atomic E-state index is 0.124. The van der Waals surface area contributed by atoms with Gasteiger partial charge >= 0.3 is 5.97 Å². The quantitative estimate of drug-likeness (QED) is 0.666. The lowest BCUT2D eigenvalue weighted by atomic mass is 10.1. The van der Waals surface area contributed by atoms with Gasteiger partial charge in [0.2, 0.25) is 0 Å². The molecular formula is C9H8N2O3. The van der Waals surface area contributed by atoms with Crippen LogP contribution >= 0.6 is 0 Å². The summed E-state index contributed by atoms with van der Waals surface area (Å²) in [5, 5.41) is 8.56. The summed E-state index contributed by atoms with van der Waals surface area (Å²) in [6, 6.07) is 3.23. The number of methoxy groups -OCH3 is 1. The maximum absolute atomic E-state index is 11.2. The maximum Gasteiger partial charge on any atom is 0.310 e. The molecule has 0 spiro atoms. The first kappa shape index (κ1) is 9.99. The lowest BCUT2D eigenvalue weighted by Gasteiger charge is -1.98. The molecule has 0 aliphatic carbocycles. The number of ether oxygens (including phenoxy) is 1. The minimum Gasteiger partial charge on any atom is -0.469 e. The molecule has 0 unspecified atom stereocenters. The number of esters is 1. The fourth-order valence-electron chi connectivity index (χ4n) is 0.954. The van der Waals surface area contributed by atoms with Gasteiger partial charge in [0.05, 0.1) is 19.1 Å². The molecule has 0 radical (unpaired) electrons. The van der Waals surface area contributed by atoms with Crippen molar-refractivity contribution >= 4 is 5.97 Å². The zero-order valence-electron chi connectivity index (χ0n) is 7.53. The van der Waals surface area contributed by atoms with E-state index in [1.807, 2.05) is 6.07 Å². The molecule has 72 valence electrons. The Labute approximate surface area is 79.9 Å². The summed E-state index contributed by atoms with van der Waals surface area (Å²) >= 11 is 0. The minimum atomic E-state index is -0.509. The van der Waals surface area contributed by atoms with Crippen molar-refractivity contribution in [2.24, 2.45) is 0 Å².